The van der Waals surface area contributed by atoms with E-state index in [0.29, 0.717) is 0 Å². The van der Waals surface area contributed by atoms with Gasteiger partial charge in [-0.15, -0.1) is 12.4 Å². The minimum atomic E-state index is 0. The summed E-state index contributed by atoms with van der Waals surface area (Å²) in [5.74, 6) is 0. The van der Waals surface area contributed by atoms with Gasteiger partial charge in [0.25, 0.3) is 0 Å². The summed E-state index contributed by atoms with van der Waals surface area (Å²) in [5.41, 5.74) is 5.88. The SMILES string of the molecule is Cc1ccc2nc(-c3ccccc3)cc(N3CCNCC3)c2c1.Cl. The van der Waals surface area contributed by atoms with Crippen LogP contribution >= 0.6 is 12.4 Å². The molecule has 0 amide bonds. The number of anilines is 1. The molecule has 1 aliphatic rings. The minimum absolute atomic E-state index is 0. The van der Waals surface area contributed by atoms with Gasteiger partial charge in [0.1, 0.15) is 0 Å². The fourth-order valence-electron chi connectivity index (χ4n) is 3.25. The number of aryl methyl sites for hydroxylation is 1. The average molecular weight is 340 g/mol. The molecule has 1 fully saturated rings. The van der Waals surface area contributed by atoms with E-state index in [4.69, 9.17) is 4.98 Å². The zero-order chi connectivity index (χ0) is 15.6. The van der Waals surface area contributed by atoms with Crippen LogP contribution in [0.5, 0.6) is 0 Å². The maximum atomic E-state index is 4.90. The van der Waals surface area contributed by atoms with Crippen molar-refractivity contribution in [3.8, 4) is 11.3 Å². The second kappa shape index (κ2) is 7.20. The molecule has 2 aromatic carbocycles. The Morgan fingerprint density at radius 2 is 1.71 bits per heavy atom. The van der Waals surface area contributed by atoms with Gasteiger partial charge in [-0.1, -0.05) is 42.0 Å². The third-order valence-electron chi connectivity index (χ3n) is 4.47. The lowest BCUT2D eigenvalue weighted by Crippen LogP contribution is -2.43. The van der Waals surface area contributed by atoms with E-state index in [-0.39, 0.29) is 12.4 Å². The average Bonchev–Trinajstić information content (AvgIpc) is 2.62. The summed E-state index contributed by atoms with van der Waals surface area (Å²) in [4.78, 5) is 7.38. The summed E-state index contributed by atoms with van der Waals surface area (Å²) in [5, 5.41) is 4.69. The summed E-state index contributed by atoms with van der Waals surface area (Å²) in [7, 11) is 0. The van der Waals surface area contributed by atoms with E-state index in [1.54, 1.807) is 0 Å². The van der Waals surface area contributed by atoms with Crippen LogP contribution in [0.25, 0.3) is 22.2 Å². The molecule has 3 nitrogen and oxygen atoms in total. The van der Waals surface area contributed by atoms with Crippen LogP contribution < -0.4 is 10.2 Å². The first-order valence-electron chi connectivity index (χ1n) is 8.24. The first-order valence-corrected chi connectivity index (χ1v) is 8.24. The number of fused-ring (bicyclic) bond motifs is 1. The zero-order valence-electron chi connectivity index (χ0n) is 13.8. The van der Waals surface area contributed by atoms with Crippen molar-refractivity contribution in [1.29, 1.82) is 0 Å². The molecule has 3 aromatic rings. The van der Waals surface area contributed by atoms with Gasteiger partial charge in [0, 0.05) is 42.8 Å². The Kier molecular flexibility index (Phi) is 5.03. The molecule has 124 valence electrons. The molecule has 1 aliphatic heterocycles. The molecule has 1 aromatic heterocycles. The maximum Gasteiger partial charge on any atom is 0.0730 e. The molecule has 0 unspecified atom stereocenters. The Balaban J connectivity index is 0.00000169. The third kappa shape index (κ3) is 3.23. The molecule has 1 N–H and O–H groups in total. The van der Waals surface area contributed by atoms with Gasteiger partial charge in [-0.05, 0) is 25.1 Å². The van der Waals surface area contributed by atoms with E-state index in [0.717, 1.165) is 37.4 Å². The Bertz CT molecular complexity index is 827. The van der Waals surface area contributed by atoms with Crippen molar-refractivity contribution in [2.24, 2.45) is 0 Å². The highest BCUT2D eigenvalue weighted by molar-refractivity contribution is 5.94. The van der Waals surface area contributed by atoms with Crippen LogP contribution in [0.2, 0.25) is 0 Å². The minimum Gasteiger partial charge on any atom is -0.368 e. The van der Waals surface area contributed by atoms with Crippen LogP contribution in [-0.4, -0.2) is 31.2 Å². The van der Waals surface area contributed by atoms with Gasteiger partial charge in [-0.3, -0.25) is 0 Å². The Morgan fingerprint density at radius 3 is 2.46 bits per heavy atom. The monoisotopic (exact) mass is 339 g/mol. The van der Waals surface area contributed by atoms with Crippen LogP contribution in [0.15, 0.2) is 54.6 Å². The summed E-state index contributed by atoms with van der Waals surface area (Å²) < 4.78 is 0. The van der Waals surface area contributed by atoms with Crippen molar-refractivity contribution >= 4 is 29.0 Å². The van der Waals surface area contributed by atoms with Gasteiger partial charge in [0.05, 0.1) is 11.2 Å². The molecule has 24 heavy (non-hydrogen) atoms. The Hall–Kier alpha value is -2.10. The van der Waals surface area contributed by atoms with Crippen molar-refractivity contribution in [2.75, 3.05) is 31.1 Å². The highest BCUT2D eigenvalue weighted by Gasteiger charge is 2.16. The Morgan fingerprint density at radius 1 is 0.958 bits per heavy atom. The quantitative estimate of drug-likeness (QED) is 0.763. The highest BCUT2D eigenvalue weighted by atomic mass is 35.5. The van der Waals surface area contributed by atoms with E-state index < -0.39 is 0 Å². The van der Waals surface area contributed by atoms with Crippen molar-refractivity contribution in [1.82, 2.24) is 10.3 Å². The molecule has 0 spiro atoms. The van der Waals surface area contributed by atoms with Crippen molar-refractivity contribution in [3.63, 3.8) is 0 Å². The maximum absolute atomic E-state index is 4.90. The molecule has 0 radical (unpaired) electrons. The summed E-state index contributed by atoms with van der Waals surface area (Å²) >= 11 is 0. The van der Waals surface area contributed by atoms with E-state index in [1.165, 1.54) is 22.2 Å². The molecule has 1 saturated heterocycles. The van der Waals surface area contributed by atoms with Crippen molar-refractivity contribution in [3.05, 3.63) is 60.2 Å². The fourth-order valence-corrected chi connectivity index (χ4v) is 3.25. The van der Waals surface area contributed by atoms with Gasteiger partial charge in [0.15, 0.2) is 0 Å². The second-order valence-electron chi connectivity index (χ2n) is 6.15. The number of piperazine rings is 1. The first kappa shape index (κ1) is 16.7. The highest BCUT2D eigenvalue weighted by Crippen LogP contribution is 2.31. The normalized spacial score (nSPS) is 14.5. The van der Waals surface area contributed by atoms with Crippen LogP contribution in [0, 0.1) is 6.92 Å². The van der Waals surface area contributed by atoms with Crippen LogP contribution in [0.4, 0.5) is 5.69 Å². The zero-order valence-corrected chi connectivity index (χ0v) is 14.6. The van der Waals surface area contributed by atoms with E-state index in [1.807, 2.05) is 6.07 Å². The number of rotatable bonds is 2. The number of pyridine rings is 1. The van der Waals surface area contributed by atoms with Gasteiger partial charge in [-0.2, -0.15) is 0 Å². The van der Waals surface area contributed by atoms with Crippen LogP contribution in [-0.2, 0) is 0 Å². The van der Waals surface area contributed by atoms with Crippen LogP contribution in [0.1, 0.15) is 5.56 Å². The first-order chi connectivity index (χ1) is 11.3. The lowest BCUT2D eigenvalue weighted by atomic mass is 10.0. The molecule has 4 heteroatoms. The molecule has 0 bridgehead atoms. The molecule has 0 atom stereocenters. The number of nitrogens with zero attached hydrogens (tertiary/aromatic N) is 2. The molecule has 0 saturated carbocycles. The topological polar surface area (TPSA) is 28.2 Å². The van der Waals surface area contributed by atoms with Crippen molar-refractivity contribution in [2.45, 2.75) is 6.92 Å². The van der Waals surface area contributed by atoms with E-state index in [9.17, 15) is 0 Å². The number of hydrogen-bond donors (Lipinski definition) is 1. The predicted octanol–water partition coefficient (Wildman–Crippen LogP) is 4.04. The third-order valence-corrected chi connectivity index (χ3v) is 4.47. The van der Waals surface area contributed by atoms with Crippen LogP contribution in [0.3, 0.4) is 0 Å². The number of hydrogen-bond acceptors (Lipinski definition) is 3. The summed E-state index contributed by atoms with van der Waals surface area (Å²) in [6.45, 7) is 6.31. The molecule has 2 heterocycles. The molecule has 4 rings (SSSR count). The van der Waals surface area contributed by atoms with E-state index in [2.05, 4.69) is 65.7 Å². The lowest BCUT2D eigenvalue weighted by molar-refractivity contribution is 0.590. The summed E-state index contributed by atoms with van der Waals surface area (Å²) in [6.07, 6.45) is 0. The molecular weight excluding hydrogens is 318 g/mol. The molecular formula is C20H22ClN3. The lowest BCUT2D eigenvalue weighted by Gasteiger charge is -2.30. The van der Waals surface area contributed by atoms with Gasteiger partial charge in [0.2, 0.25) is 0 Å². The number of benzene rings is 2. The van der Waals surface area contributed by atoms with Gasteiger partial charge < -0.3 is 10.2 Å². The molecule has 0 aliphatic carbocycles. The smallest absolute Gasteiger partial charge is 0.0730 e. The fraction of sp³-hybridized carbons (Fsp3) is 0.250. The number of nitrogens with one attached hydrogen (secondary N) is 1. The predicted molar refractivity (Wildman–Crippen MR) is 104 cm³/mol. The van der Waals surface area contributed by atoms with Crippen molar-refractivity contribution < 1.29 is 0 Å². The summed E-state index contributed by atoms with van der Waals surface area (Å²) in [6, 6.07) is 19.2. The van der Waals surface area contributed by atoms with E-state index >= 15 is 0 Å². The number of aromatic nitrogens is 1. The number of halogens is 1. The van der Waals surface area contributed by atoms with Gasteiger partial charge >= 0.3 is 0 Å². The second-order valence-corrected chi connectivity index (χ2v) is 6.15. The van der Waals surface area contributed by atoms with Gasteiger partial charge in [-0.25, -0.2) is 4.98 Å². The standard InChI is InChI=1S/C20H21N3.ClH/c1-15-7-8-18-17(13-15)20(23-11-9-21-10-12-23)14-19(22-18)16-5-3-2-4-6-16;/h2-8,13-14,21H,9-12H2,1H3;1H. The largest absolute Gasteiger partial charge is 0.368 e. The Labute approximate surface area is 149 Å².